The molecule has 1 amide bonds. The Hall–Kier alpha value is -1.62. The summed E-state index contributed by atoms with van der Waals surface area (Å²) in [5, 5.41) is 3.25. The maximum Gasteiger partial charge on any atom is 0.223 e. The van der Waals surface area contributed by atoms with Crippen molar-refractivity contribution in [1.82, 2.24) is 10.2 Å². The number of halogens is 1. The van der Waals surface area contributed by atoms with E-state index in [-0.39, 0.29) is 23.5 Å². The van der Waals surface area contributed by atoms with Crippen LogP contribution in [0.1, 0.15) is 19.8 Å². The molecule has 2 rings (SSSR count). The van der Waals surface area contributed by atoms with Crippen molar-refractivity contribution in [2.75, 3.05) is 26.2 Å². The molecule has 0 spiro atoms. The van der Waals surface area contributed by atoms with E-state index in [4.69, 9.17) is 4.74 Å². The van der Waals surface area contributed by atoms with Crippen LogP contribution >= 0.6 is 0 Å². The summed E-state index contributed by atoms with van der Waals surface area (Å²) >= 11 is 0. The van der Waals surface area contributed by atoms with Gasteiger partial charge in [-0.1, -0.05) is 12.1 Å². The van der Waals surface area contributed by atoms with E-state index in [0.717, 1.165) is 19.6 Å². The quantitative estimate of drug-likeness (QED) is 0.836. The summed E-state index contributed by atoms with van der Waals surface area (Å²) in [4.78, 5) is 14.0. The zero-order valence-electron chi connectivity index (χ0n) is 11.8. The Balaban J connectivity index is 1.70. The highest BCUT2D eigenvalue weighted by molar-refractivity contribution is 5.76. The van der Waals surface area contributed by atoms with Gasteiger partial charge in [0.15, 0.2) is 11.6 Å². The molecule has 1 aliphatic heterocycles. The Morgan fingerprint density at radius 1 is 1.50 bits per heavy atom. The topological polar surface area (TPSA) is 41.6 Å². The van der Waals surface area contributed by atoms with Crippen molar-refractivity contribution in [3.8, 4) is 5.75 Å². The monoisotopic (exact) mass is 280 g/mol. The lowest BCUT2D eigenvalue weighted by Gasteiger charge is -2.34. The molecule has 0 aromatic heterocycles. The van der Waals surface area contributed by atoms with Gasteiger partial charge in [0.25, 0.3) is 0 Å². The molecule has 5 heteroatoms. The summed E-state index contributed by atoms with van der Waals surface area (Å²) in [5.41, 5.74) is 0. The Kier molecular flexibility index (Phi) is 5.35. The molecular formula is C15H21FN2O2. The largest absolute Gasteiger partial charge is 0.491 e. The lowest BCUT2D eigenvalue weighted by molar-refractivity contribution is -0.134. The van der Waals surface area contributed by atoms with E-state index in [0.29, 0.717) is 19.4 Å². The Morgan fingerprint density at radius 2 is 2.30 bits per heavy atom. The molecule has 1 saturated heterocycles. The highest BCUT2D eigenvalue weighted by Crippen LogP contribution is 2.16. The predicted octanol–water partition coefficient (Wildman–Crippen LogP) is 1.80. The molecule has 1 aromatic carbocycles. The normalized spacial score (nSPS) is 18.9. The summed E-state index contributed by atoms with van der Waals surface area (Å²) in [5.74, 6) is 0.0289. The molecule has 1 heterocycles. The van der Waals surface area contributed by atoms with E-state index < -0.39 is 0 Å². The minimum Gasteiger partial charge on any atom is -0.491 e. The van der Waals surface area contributed by atoms with E-state index in [1.54, 1.807) is 18.2 Å². The number of hydrogen-bond acceptors (Lipinski definition) is 3. The van der Waals surface area contributed by atoms with E-state index >= 15 is 0 Å². The number of carbonyl (C=O) groups is 1. The van der Waals surface area contributed by atoms with Crippen LogP contribution in [0.3, 0.4) is 0 Å². The Morgan fingerprint density at radius 3 is 3.05 bits per heavy atom. The first kappa shape index (κ1) is 14.8. The van der Waals surface area contributed by atoms with Crippen LogP contribution in [0.4, 0.5) is 4.39 Å². The fourth-order valence-corrected chi connectivity index (χ4v) is 2.32. The van der Waals surface area contributed by atoms with Gasteiger partial charge in [0, 0.05) is 32.1 Å². The maximum atomic E-state index is 13.3. The van der Waals surface area contributed by atoms with Gasteiger partial charge < -0.3 is 15.0 Å². The Labute approximate surface area is 118 Å². The van der Waals surface area contributed by atoms with Gasteiger partial charge in [-0.3, -0.25) is 4.79 Å². The molecule has 110 valence electrons. The molecule has 0 aliphatic carbocycles. The van der Waals surface area contributed by atoms with Crippen molar-refractivity contribution in [3.63, 3.8) is 0 Å². The van der Waals surface area contributed by atoms with Crippen molar-refractivity contribution in [3.05, 3.63) is 30.1 Å². The number of piperazine rings is 1. The molecule has 4 nitrogen and oxygen atoms in total. The van der Waals surface area contributed by atoms with Crippen LogP contribution in [-0.4, -0.2) is 43.1 Å². The van der Waals surface area contributed by atoms with Crippen LogP contribution in [0.15, 0.2) is 24.3 Å². The van der Waals surface area contributed by atoms with E-state index in [2.05, 4.69) is 5.32 Å². The number of rotatable bonds is 5. The number of para-hydroxylation sites is 1. The van der Waals surface area contributed by atoms with Crippen LogP contribution in [0.25, 0.3) is 0 Å². The van der Waals surface area contributed by atoms with Crippen molar-refractivity contribution >= 4 is 5.91 Å². The van der Waals surface area contributed by atoms with E-state index in [1.807, 2.05) is 11.8 Å². The molecule has 0 unspecified atom stereocenters. The van der Waals surface area contributed by atoms with Crippen LogP contribution in [0.5, 0.6) is 5.75 Å². The SMILES string of the molecule is C[C@H]1CNCCN1C(=O)CCCOc1ccccc1F. The molecule has 1 N–H and O–H groups in total. The maximum absolute atomic E-state index is 13.3. The van der Waals surface area contributed by atoms with Gasteiger partial charge in [0.1, 0.15) is 0 Å². The summed E-state index contributed by atoms with van der Waals surface area (Å²) < 4.78 is 18.7. The summed E-state index contributed by atoms with van der Waals surface area (Å²) in [6.45, 7) is 4.85. The summed E-state index contributed by atoms with van der Waals surface area (Å²) in [6, 6.07) is 6.55. The highest BCUT2D eigenvalue weighted by Gasteiger charge is 2.22. The first-order chi connectivity index (χ1) is 9.68. The molecule has 20 heavy (non-hydrogen) atoms. The average Bonchev–Trinajstić information content (AvgIpc) is 2.45. The third-order valence-corrected chi connectivity index (χ3v) is 3.45. The summed E-state index contributed by atoms with van der Waals surface area (Å²) in [7, 11) is 0. The van der Waals surface area contributed by atoms with Gasteiger partial charge in [-0.15, -0.1) is 0 Å². The van der Waals surface area contributed by atoms with Gasteiger partial charge in [-0.25, -0.2) is 4.39 Å². The number of hydrogen-bond donors (Lipinski definition) is 1. The van der Waals surface area contributed by atoms with Crippen LogP contribution < -0.4 is 10.1 Å². The van der Waals surface area contributed by atoms with E-state index in [1.165, 1.54) is 6.07 Å². The first-order valence-electron chi connectivity index (χ1n) is 7.06. The lowest BCUT2D eigenvalue weighted by atomic mass is 10.2. The molecule has 1 aromatic rings. The fraction of sp³-hybridized carbons (Fsp3) is 0.533. The molecule has 0 bridgehead atoms. The molecular weight excluding hydrogens is 259 g/mol. The number of ether oxygens (including phenoxy) is 1. The molecule has 0 radical (unpaired) electrons. The number of amides is 1. The van der Waals surface area contributed by atoms with Crippen molar-refractivity contribution in [2.45, 2.75) is 25.8 Å². The second kappa shape index (κ2) is 7.24. The zero-order valence-corrected chi connectivity index (χ0v) is 11.8. The molecule has 1 aliphatic rings. The highest BCUT2D eigenvalue weighted by atomic mass is 19.1. The van der Waals surface area contributed by atoms with Crippen LogP contribution in [0, 0.1) is 5.82 Å². The van der Waals surface area contributed by atoms with Gasteiger partial charge >= 0.3 is 0 Å². The van der Waals surface area contributed by atoms with Crippen LogP contribution in [0.2, 0.25) is 0 Å². The number of benzene rings is 1. The zero-order chi connectivity index (χ0) is 14.4. The smallest absolute Gasteiger partial charge is 0.223 e. The third kappa shape index (κ3) is 3.93. The number of nitrogens with one attached hydrogen (secondary N) is 1. The minimum absolute atomic E-state index is 0.149. The second-order valence-corrected chi connectivity index (χ2v) is 5.02. The summed E-state index contributed by atoms with van der Waals surface area (Å²) in [6.07, 6.45) is 1.04. The van der Waals surface area contributed by atoms with Gasteiger partial charge in [-0.2, -0.15) is 0 Å². The van der Waals surface area contributed by atoms with Gasteiger partial charge in [-0.05, 0) is 25.5 Å². The Bertz CT molecular complexity index is 453. The van der Waals surface area contributed by atoms with Crippen molar-refractivity contribution < 1.29 is 13.9 Å². The number of nitrogens with zero attached hydrogens (tertiary/aromatic N) is 1. The van der Waals surface area contributed by atoms with E-state index in [9.17, 15) is 9.18 Å². The second-order valence-electron chi connectivity index (χ2n) is 5.02. The fourth-order valence-electron chi connectivity index (χ4n) is 2.32. The van der Waals surface area contributed by atoms with Crippen molar-refractivity contribution in [1.29, 1.82) is 0 Å². The lowest BCUT2D eigenvalue weighted by Crippen LogP contribution is -2.52. The minimum atomic E-state index is -0.366. The third-order valence-electron chi connectivity index (χ3n) is 3.45. The molecule has 0 saturated carbocycles. The van der Waals surface area contributed by atoms with Crippen molar-refractivity contribution in [2.24, 2.45) is 0 Å². The van der Waals surface area contributed by atoms with Gasteiger partial charge in [0.2, 0.25) is 5.91 Å². The average molecular weight is 280 g/mol. The van der Waals surface area contributed by atoms with Crippen LogP contribution in [-0.2, 0) is 4.79 Å². The predicted molar refractivity (Wildman–Crippen MR) is 75.2 cm³/mol. The van der Waals surface area contributed by atoms with Gasteiger partial charge in [0.05, 0.1) is 6.61 Å². The number of carbonyl (C=O) groups excluding carboxylic acids is 1. The molecule has 1 fully saturated rings. The first-order valence-corrected chi connectivity index (χ1v) is 7.06. The molecule has 1 atom stereocenters. The standard InChI is InChI=1S/C15H21FN2O2/c1-12-11-17-8-9-18(12)15(19)7-4-10-20-14-6-3-2-5-13(14)16/h2-3,5-6,12,17H,4,7-11H2,1H3/t12-/m0/s1.